The molecule has 322 valence electrons. The zero-order chi connectivity index (χ0) is 41.5. The molecular formula is C40H58N4O6S8. The monoisotopic (exact) mass is 946 g/mol. The second-order valence-electron chi connectivity index (χ2n) is 14.5. The number of carbonyl (C=O) groups is 4. The van der Waals surface area contributed by atoms with Crippen LogP contribution in [0.1, 0.15) is 91.9 Å². The van der Waals surface area contributed by atoms with E-state index < -0.39 is 12.1 Å². The fourth-order valence-corrected chi connectivity index (χ4v) is 14.6. The van der Waals surface area contributed by atoms with Crippen molar-refractivity contribution in [3.63, 3.8) is 0 Å². The Hall–Kier alpha value is -0.960. The standard InChI is InChI=1S/C40H58N4O6S8/c1-27(2)33(43-31(45)23-49-21-29-25-55-39(57-29)37-51-17-18-52-37)35(47)41-15-13-11-9-7-5-6-8-10-12-14-16-42-36(48)34(28(3)4)44-32(46)24-50-22-30-26-56-40(58-30)38-53-19-20-54-38/h17-20,25-28,33-34H,5-16,21-24H2,1-4H3,(H,41,47)(H,42,48)(H,43,45)(H,44,46)/t33-,34-/m0/s1. The first-order chi connectivity index (χ1) is 28.1. The molecule has 4 amide bonds. The number of nitrogens with one attached hydrogen (secondary N) is 4. The first-order valence-electron chi connectivity index (χ1n) is 19.9. The van der Waals surface area contributed by atoms with E-state index in [2.05, 4.69) is 53.7 Å². The van der Waals surface area contributed by atoms with E-state index in [4.69, 9.17) is 9.47 Å². The maximum Gasteiger partial charge on any atom is 0.246 e. The van der Waals surface area contributed by atoms with Gasteiger partial charge in [0.2, 0.25) is 23.6 Å². The Labute approximate surface area is 379 Å². The fourth-order valence-electron chi connectivity index (χ4n) is 5.78. The summed E-state index contributed by atoms with van der Waals surface area (Å²) in [7, 11) is 0. The first kappa shape index (κ1) is 49.7. The third kappa shape index (κ3) is 19.0. The molecule has 2 atom stereocenters. The van der Waals surface area contributed by atoms with Gasteiger partial charge in [0.25, 0.3) is 0 Å². The number of carbonyl (C=O) groups excluding carboxylic acids is 4. The molecule has 0 spiro atoms. The van der Waals surface area contributed by atoms with Gasteiger partial charge in [-0.1, -0.05) is 173 Å². The van der Waals surface area contributed by atoms with E-state index >= 15 is 0 Å². The highest BCUT2D eigenvalue weighted by molar-refractivity contribution is 8.34. The minimum Gasteiger partial charge on any atom is -0.366 e. The van der Waals surface area contributed by atoms with Crippen LogP contribution in [0.2, 0.25) is 0 Å². The van der Waals surface area contributed by atoms with Gasteiger partial charge in [0.15, 0.2) is 0 Å². The third-order valence-electron chi connectivity index (χ3n) is 8.88. The van der Waals surface area contributed by atoms with Crippen molar-refractivity contribution >= 4 is 118 Å². The number of ether oxygens (including phenoxy) is 2. The highest BCUT2D eigenvalue weighted by atomic mass is 32.2. The summed E-state index contributed by atoms with van der Waals surface area (Å²) in [6.07, 6.45) is 11.0. The molecule has 4 rings (SSSR count). The first-order valence-corrected chi connectivity index (χ1v) is 26.8. The number of thioether (sulfide) groups is 8. The van der Waals surface area contributed by atoms with Crippen LogP contribution in [0, 0.1) is 11.8 Å². The molecule has 4 aliphatic rings. The number of hydrogen-bond donors (Lipinski definition) is 4. The van der Waals surface area contributed by atoms with E-state index in [9.17, 15) is 19.2 Å². The van der Waals surface area contributed by atoms with Gasteiger partial charge in [-0.3, -0.25) is 19.2 Å². The summed E-state index contributed by atoms with van der Waals surface area (Å²) in [4.78, 5) is 53.0. The molecule has 0 aromatic carbocycles. The molecule has 0 fully saturated rings. The highest BCUT2D eigenvalue weighted by Gasteiger charge is 2.26. The lowest BCUT2D eigenvalue weighted by Crippen LogP contribution is -2.50. The van der Waals surface area contributed by atoms with Crippen molar-refractivity contribution in [1.29, 1.82) is 0 Å². The molecule has 58 heavy (non-hydrogen) atoms. The van der Waals surface area contributed by atoms with Crippen LogP contribution in [-0.2, 0) is 28.7 Å². The van der Waals surface area contributed by atoms with E-state index in [1.807, 2.05) is 27.7 Å². The zero-order valence-electron chi connectivity index (χ0n) is 33.8. The van der Waals surface area contributed by atoms with Gasteiger partial charge in [0.05, 0.1) is 30.2 Å². The van der Waals surface area contributed by atoms with E-state index in [0.29, 0.717) is 26.3 Å². The van der Waals surface area contributed by atoms with Crippen molar-refractivity contribution in [3.8, 4) is 0 Å². The minimum absolute atomic E-state index is 0.0342. The molecule has 0 radical (unpaired) electrons. The van der Waals surface area contributed by atoms with Gasteiger partial charge in [0, 0.05) is 22.9 Å². The van der Waals surface area contributed by atoms with E-state index in [-0.39, 0.29) is 48.7 Å². The summed E-state index contributed by atoms with van der Waals surface area (Å²) in [6, 6.07) is -1.18. The summed E-state index contributed by atoms with van der Waals surface area (Å²) in [5.41, 5.74) is 0. The van der Waals surface area contributed by atoms with Crippen LogP contribution in [0.4, 0.5) is 0 Å². The average molecular weight is 947 g/mol. The largest absolute Gasteiger partial charge is 0.366 e. The Kier molecular flexibility index (Phi) is 24.5. The summed E-state index contributed by atoms with van der Waals surface area (Å²) in [6.45, 7) is 9.53. The maximum atomic E-state index is 12.9. The van der Waals surface area contributed by atoms with Crippen molar-refractivity contribution in [2.45, 2.75) is 104 Å². The third-order valence-corrected chi connectivity index (χ3v) is 19.0. The quantitative estimate of drug-likeness (QED) is 0.0582. The molecule has 10 nitrogen and oxygen atoms in total. The van der Waals surface area contributed by atoms with Gasteiger partial charge in [-0.2, -0.15) is 0 Å². The summed E-state index contributed by atoms with van der Waals surface area (Å²) >= 11 is 13.7. The van der Waals surface area contributed by atoms with Gasteiger partial charge in [-0.15, -0.1) is 0 Å². The molecule has 0 bridgehead atoms. The molecule has 0 saturated heterocycles. The Morgan fingerprint density at radius 3 is 1.19 bits per heavy atom. The van der Waals surface area contributed by atoms with Crippen LogP contribution in [0.3, 0.4) is 0 Å². The van der Waals surface area contributed by atoms with Gasteiger partial charge in [0.1, 0.15) is 25.3 Å². The maximum absolute atomic E-state index is 12.9. The molecule has 0 aromatic rings. The SMILES string of the molecule is CC(C)[C@H](NC(=O)COCC1=CSC(=C2SC=CS2)S1)C(=O)NCCCCCCCCCCCCNC(=O)[C@@H](NC(=O)COCC1=CSC(=C2SC=CS2)S1)C(C)C. The predicted molar refractivity (Wildman–Crippen MR) is 257 cm³/mol. The molecule has 0 aliphatic carbocycles. The zero-order valence-corrected chi connectivity index (χ0v) is 40.3. The summed E-state index contributed by atoms with van der Waals surface area (Å²) in [5, 5.41) is 24.2. The van der Waals surface area contributed by atoms with Crippen molar-refractivity contribution in [1.82, 2.24) is 21.3 Å². The second kappa shape index (κ2) is 28.6. The number of unbranched alkanes of at least 4 members (excludes halogenated alkanes) is 9. The molecule has 4 aliphatic heterocycles. The smallest absolute Gasteiger partial charge is 0.246 e. The van der Waals surface area contributed by atoms with Crippen LogP contribution < -0.4 is 21.3 Å². The van der Waals surface area contributed by atoms with Crippen LogP contribution in [0.5, 0.6) is 0 Å². The molecule has 18 heteroatoms. The van der Waals surface area contributed by atoms with Crippen LogP contribution in [-0.4, -0.2) is 75.2 Å². The Balaban J connectivity index is 0.931. The lowest BCUT2D eigenvalue weighted by molar-refractivity contribution is -0.132. The molecule has 4 N–H and O–H groups in total. The van der Waals surface area contributed by atoms with Crippen LogP contribution in [0.15, 0.2) is 59.2 Å². The number of hydrogen-bond acceptors (Lipinski definition) is 14. The highest BCUT2D eigenvalue weighted by Crippen LogP contribution is 2.54. The second-order valence-corrected chi connectivity index (χ2v) is 23.2. The van der Waals surface area contributed by atoms with Crippen molar-refractivity contribution < 1.29 is 28.7 Å². The molecule has 0 saturated carbocycles. The van der Waals surface area contributed by atoms with Gasteiger partial charge >= 0.3 is 0 Å². The van der Waals surface area contributed by atoms with Gasteiger partial charge < -0.3 is 30.7 Å². The Morgan fingerprint density at radius 1 is 0.500 bits per heavy atom. The lowest BCUT2D eigenvalue weighted by Gasteiger charge is -2.21. The van der Waals surface area contributed by atoms with Crippen molar-refractivity contribution in [2.75, 3.05) is 39.5 Å². The summed E-state index contributed by atoms with van der Waals surface area (Å²) in [5.74, 6) is -0.925. The fraction of sp³-hybridized carbons (Fsp3) is 0.600. The predicted octanol–water partition coefficient (Wildman–Crippen LogP) is 10.2. The Bertz CT molecular complexity index is 1450. The normalized spacial score (nSPS) is 17.3. The van der Waals surface area contributed by atoms with Crippen LogP contribution in [0.25, 0.3) is 0 Å². The summed E-state index contributed by atoms with van der Waals surface area (Å²) < 4.78 is 16.4. The van der Waals surface area contributed by atoms with E-state index in [1.54, 1.807) is 94.1 Å². The van der Waals surface area contributed by atoms with Gasteiger partial charge in [-0.25, -0.2) is 0 Å². The lowest BCUT2D eigenvalue weighted by atomic mass is 10.0. The van der Waals surface area contributed by atoms with Crippen LogP contribution >= 0.6 is 94.1 Å². The number of amides is 4. The molecule has 0 aromatic heterocycles. The Morgan fingerprint density at radius 2 is 0.845 bits per heavy atom. The van der Waals surface area contributed by atoms with Gasteiger partial charge in [-0.05, 0) is 57.1 Å². The average Bonchev–Trinajstić information content (AvgIpc) is 4.04. The molecular weight excluding hydrogens is 889 g/mol. The molecule has 4 heterocycles. The topological polar surface area (TPSA) is 135 Å². The molecule has 0 unspecified atom stereocenters. The number of rotatable bonds is 27. The minimum atomic E-state index is -0.590. The van der Waals surface area contributed by atoms with Crippen molar-refractivity contribution in [3.05, 3.63) is 59.2 Å². The van der Waals surface area contributed by atoms with E-state index in [0.717, 1.165) is 48.3 Å². The van der Waals surface area contributed by atoms with E-state index in [1.165, 1.54) is 42.6 Å². The van der Waals surface area contributed by atoms with Crippen molar-refractivity contribution in [2.24, 2.45) is 11.8 Å².